The van der Waals surface area contributed by atoms with Crippen LogP contribution in [0.3, 0.4) is 0 Å². The van der Waals surface area contributed by atoms with Gasteiger partial charge in [-0.25, -0.2) is 0 Å². The van der Waals surface area contributed by atoms with Gasteiger partial charge in [-0.15, -0.1) is 0 Å². The molecule has 1 unspecified atom stereocenters. The van der Waals surface area contributed by atoms with Gasteiger partial charge in [0.25, 0.3) is 0 Å². The van der Waals surface area contributed by atoms with Crippen molar-refractivity contribution in [1.29, 1.82) is 5.26 Å². The molecule has 1 heterocycles. The first-order chi connectivity index (χ1) is 9.19. The Bertz CT molecular complexity index is 417. The normalized spacial score (nSPS) is 12.1. The summed E-state index contributed by atoms with van der Waals surface area (Å²) in [5.41, 5.74) is 1.24. The maximum atomic E-state index is 9.71. The first-order valence-electron chi connectivity index (χ1n) is 6.12. The smallest absolute Gasteiger partial charge is 0.127 e. The Balaban J connectivity index is 2.23. The van der Waals surface area contributed by atoms with E-state index in [0.29, 0.717) is 42.6 Å². The molecule has 7 heteroatoms. The molecule has 0 aliphatic heterocycles. The van der Waals surface area contributed by atoms with Crippen LogP contribution < -0.4 is 5.32 Å². The minimum absolute atomic E-state index is 0.236. The van der Waals surface area contributed by atoms with Crippen molar-refractivity contribution in [2.24, 2.45) is 0 Å². The van der Waals surface area contributed by atoms with Crippen molar-refractivity contribution in [3.63, 3.8) is 0 Å². The lowest BCUT2D eigenvalue weighted by Gasteiger charge is -2.12. The second-order valence-corrected chi connectivity index (χ2v) is 4.66. The summed E-state index contributed by atoms with van der Waals surface area (Å²) >= 11 is 1.22. The first kappa shape index (κ1) is 15.9. The number of ether oxygens (including phenoxy) is 2. The second-order valence-electron chi connectivity index (χ2n) is 3.89. The molecule has 0 saturated heterocycles. The van der Waals surface area contributed by atoms with Gasteiger partial charge < -0.3 is 19.9 Å². The van der Waals surface area contributed by atoms with Gasteiger partial charge in [-0.05, 0) is 25.4 Å². The van der Waals surface area contributed by atoms with E-state index >= 15 is 0 Å². The molecule has 1 aromatic heterocycles. The lowest BCUT2D eigenvalue weighted by Crippen LogP contribution is -2.25. The highest BCUT2D eigenvalue weighted by Crippen LogP contribution is 2.22. The number of nitrogens with zero attached hydrogens (tertiary/aromatic N) is 2. The number of hydrogen-bond acceptors (Lipinski definition) is 7. The van der Waals surface area contributed by atoms with Crippen LogP contribution >= 0.6 is 11.5 Å². The third-order valence-corrected chi connectivity index (χ3v) is 3.26. The van der Waals surface area contributed by atoms with Crippen LogP contribution in [-0.4, -0.2) is 48.6 Å². The third kappa shape index (κ3) is 5.53. The van der Waals surface area contributed by atoms with Gasteiger partial charge in [0.2, 0.25) is 0 Å². The van der Waals surface area contributed by atoms with Crippen LogP contribution in [0.2, 0.25) is 0 Å². The van der Waals surface area contributed by atoms with Crippen molar-refractivity contribution in [2.75, 3.05) is 38.3 Å². The predicted octanol–water partition coefficient (Wildman–Crippen LogP) is 1.15. The van der Waals surface area contributed by atoms with E-state index in [1.165, 1.54) is 11.5 Å². The van der Waals surface area contributed by atoms with E-state index in [2.05, 4.69) is 15.8 Å². The molecule has 106 valence electrons. The van der Waals surface area contributed by atoms with Crippen molar-refractivity contribution < 1.29 is 14.6 Å². The molecule has 6 nitrogen and oxygen atoms in total. The average molecular weight is 285 g/mol. The number of aliphatic hydroxyl groups excluding tert-OH is 1. The summed E-state index contributed by atoms with van der Waals surface area (Å²) in [6.45, 7) is 5.92. The van der Waals surface area contributed by atoms with E-state index in [-0.39, 0.29) is 6.61 Å². The van der Waals surface area contributed by atoms with E-state index < -0.39 is 6.10 Å². The zero-order chi connectivity index (χ0) is 14.1. The summed E-state index contributed by atoms with van der Waals surface area (Å²) in [6.07, 6.45) is -0.629. The molecular formula is C12H19N3O3S. The summed E-state index contributed by atoms with van der Waals surface area (Å²) < 4.78 is 14.5. The van der Waals surface area contributed by atoms with Gasteiger partial charge in [0.15, 0.2) is 0 Å². The zero-order valence-corrected chi connectivity index (χ0v) is 12.0. The van der Waals surface area contributed by atoms with Gasteiger partial charge in [-0.1, -0.05) is 0 Å². The Morgan fingerprint density at radius 2 is 2.21 bits per heavy atom. The third-order valence-electron chi connectivity index (χ3n) is 2.36. The molecule has 0 spiro atoms. The summed E-state index contributed by atoms with van der Waals surface area (Å²) in [5, 5.41) is 22.4. The molecule has 1 atom stereocenters. The molecule has 0 saturated carbocycles. The maximum Gasteiger partial charge on any atom is 0.127 e. The average Bonchev–Trinajstić information content (AvgIpc) is 2.76. The summed E-state index contributed by atoms with van der Waals surface area (Å²) in [6, 6.07) is 2.09. The number of rotatable bonds is 9. The predicted molar refractivity (Wildman–Crippen MR) is 73.4 cm³/mol. The SMILES string of the molecule is CCOCCOCC(O)CNc1snc(C)c1C#N. The topological polar surface area (TPSA) is 87.4 Å². The first-order valence-corrected chi connectivity index (χ1v) is 6.90. The van der Waals surface area contributed by atoms with Gasteiger partial charge in [0.05, 0.1) is 31.6 Å². The Morgan fingerprint density at radius 3 is 2.89 bits per heavy atom. The molecule has 0 aromatic carbocycles. The fraction of sp³-hybridized carbons (Fsp3) is 0.667. The minimum Gasteiger partial charge on any atom is -0.389 e. The van der Waals surface area contributed by atoms with Crippen LogP contribution in [0.15, 0.2) is 0 Å². The number of aromatic nitrogens is 1. The van der Waals surface area contributed by atoms with E-state index in [0.717, 1.165) is 0 Å². The molecule has 2 N–H and O–H groups in total. The standard InChI is InChI=1S/C12H19N3O3S/c1-3-17-4-5-18-8-10(16)7-14-12-11(6-13)9(2)15-19-12/h10,14,16H,3-5,7-8H2,1-2H3. The van der Waals surface area contributed by atoms with Crippen molar-refractivity contribution >= 4 is 16.5 Å². The van der Waals surface area contributed by atoms with E-state index in [4.69, 9.17) is 14.7 Å². The number of aliphatic hydroxyl groups is 1. The van der Waals surface area contributed by atoms with E-state index in [1.54, 1.807) is 6.92 Å². The van der Waals surface area contributed by atoms with Crippen LogP contribution in [0.5, 0.6) is 0 Å². The van der Waals surface area contributed by atoms with Crippen LogP contribution in [0, 0.1) is 18.3 Å². The van der Waals surface area contributed by atoms with Gasteiger partial charge in [0, 0.05) is 13.2 Å². The van der Waals surface area contributed by atoms with Crippen LogP contribution in [0.1, 0.15) is 18.2 Å². The van der Waals surface area contributed by atoms with Crippen LogP contribution in [-0.2, 0) is 9.47 Å². The highest BCUT2D eigenvalue weighted by Gasteiger charge is 2.11. The number of anilines is 1. The largest absolute Gasteiger partial charge is 0.389 e. The van der Waals surface area contributed by atoms with E-state index in [9.17, 15) is 5.11 Å². The van der Waals surface area contributed by atoms with Crippen molar-refractivity contribution in [1.82, 2.24) is 4.37 Å². The lowest BCUT2D eigenvalue weighted by molar-refractivity contribution is 0.0103. The van der Waals surface area contributed by atoms with Crippen LogP contribution in [0.4, 0.5) is 5.00 Å². The Kier molecular flexibility index (Phi) is 7.36. The van der Waals surface area contributed by atoms with Gasteiger partial charge in [-0.3, -0.25) is 0 Å². The Morgan fingerprint density at radius 1 is 1.47 bits per heavy atom. The molecule has 0 bridgehead atoms. The highest BCUT2D eigenvalue weighted by atomic mass is 32.1. The second kappa shape index (κ2) is 8.82. The monoisotopic (exact) mass is 285 g/mol. The molecular weight excluding hydrogens is 266 g/mol. The molecule has 0 fully saturated rings. The van der Waals surface area contributed by atoms with Crippen molar-refractivity contribution in [3.8, 4) is 6.07 Å². The number of hydrogen-bond donors (Lipinski definition) is 2. The molecule has 19 heavy (non-hydrogen) atoms. The minimum atomic E-state index is -0.629. The number of aryl methyl sites for hydroxylation is 1. The Hall–Kier alpha value is -1.20. The fourth-order valence-corrected chi connectivity index (χ4v) is 2.13. The molecule has 1 rings (SSSR count). The van der Waals surface area contributed by atoms with Crippen LogP contribution in [0.25, 0.3) is 0 Å². The lowest BCUT2D eigenvalue weighted by atomic mass is 10.3. The molecule has 0 radical (unpaired) electrons. The molecule has 1 aromatic rings. The quantitative estimate of drug-likeness (QED) is 0.662. The summed E-state index contributed by atoms with van der Waals surface area (Å²) in [4.78, 5) is 0. The maximum absolute atomic E-state index is 9.71. The van der Waals surface area contributed by atoms with Crippen molar-refractivity contribution in [2.45, 2.75) is 20.0 Å². The zero-order valence-electron chi connectivity index (χ0n) is 11.2. The Labute approximate surface area is 117 Å². The van der Waals surface area contributed by atoms with Crippen molar-refractivity contribution in [3.05, 3.63) is 11.3 Å². The molecule has 0 aliphatic rings. The number of nitriles is 1. The van der Waals surface area contributed by atoms with E-state index in [1.807, 2.05) is 6.92 Å². The molecule has 0 amide bonds. The summed E-state index contributed by atoms with van der Waals surface area (Å²) in [7, 11) is 0. The van der Waals surface area contributed by atoms with Gasteiger partial charge >= 0.3 is 0 Å². The highest BCUT2D eigenvalue weighted by molar-refractivity contribution is 7.10. The summed E-state index contributed by atoms with van der Waals surface area (Å²) in [5.74, 6) is 0. The van der Waals surface area contributed by atoms with Gasteiger partial charge in [0.1, 0.15) is 16.6 Å². The van der Waals surface area contributed by atoms with Gasteiger partial charge in [-0.2, -0.15) is 9.64 Å². The molecule has 0 aliphatic carbocycles. The number of nitrogens with one attached hydrogen (secondary N) is 1. The fourth-order valence-electron chi connectivity index (χ4n) is 1.37.